The van der Waals surface area contributed by atoms with Crippen LogP contribution < -0.4 is 15.4 Å². The Bertz CT molecular complexity index is 442. The van der Waals surface area contributed by atoms with Gasteiger partial charge in [0.1, 0.15) is 5.75 Å². The van der Waals surface area contributed by atoms with Crippen molar-refractivity contribution >= 4 is 6.03 Å². The Labute approximate surface area is 121 Å². The van der Waals surface area contributed by atoms with E-state index in [1.165, 1.54) is 11.1 Å². The lowest BCUT2D eigenvalue weighted by atomic mass is 9.98. The van der Waals surface area contributed by atoms with Gasteiger partial charge in [0.15, 0.2) is 0 Å². The molecule has 4 nitrogen and oxygen atoms in total. The lowest BCUT2D eigenvalue weighted by Gasteiger charge is -2.14. The predicted molar refractivity (Wildman–Crippen MR) is 82.5 cm³/mol. The summed E-state index contributed by atoms with van der Waals surface area (Å²) < 4.78 is 5.37. The van der Waals surface area contributed by atoms with Crippen molar-refractivity contribution in [2.45, 2.75) is 46.1 Å². The number of rotatable bonds is 6. The van der Waals surface area contributed by atoms with E-state index in [0.29, 0.717) is 12.5 Å². The summed E-state index contributed by atoms with van der Waals surface area (Å²) in [5, 5.41) is 5.67. The smallest absolute Gasteiger partial charge is 0.314 e. The lowest BCUT2D eigenvalue weighted by molar-refractivity contribution is 0.238. The van der Waals surface area contributed by atoms with Crippen LogP contribution in [0.5, 0.6) is 5.75 Å². The molecule has 1 aromatic rings. The molecule has 112 valence electrons. The standard InChI is InChI=1S/C16H26N2O2/c1-11(2)14-10-13(6-7-15(14)20-5)8-9-17-16(19)18-12(3)4/h6-7,10-12H,8-9H2,1-5H3,(H2,17,18,19). The number of amides is 2. The second-order valence-electron chi connectivity index (χ2n) is 5.54. The first kappa shape index (κ1) is 16.3. The minimum absolute atomic E-state index is 0.113. The number of urea groups is 1. The maximum atomic E-state index is 11.5. The molecule has 1 rings (SSSR count). The number of nitrogens with one attached hydrogen (secondary N) is 2. The van der Waals surface area contributed by atoms with Crippen molar-refractivity contribution in [3.63, 3.8) is 0 Å². The SMILES string of the molecule is COc1ccc(CCNC(=O)NC(C)C)cc1C(C)C. The number of ether oxygens (including phenoxy) is 1. The van der Waals surface area contributed by atoms with Gasteiger partial charge in [-0.05, 0) is 43.4 Å². The number of carbonyl (C=O) groups excluding carboxylic acids is 1. The first-order chi connectivity index (χ1) is 9.43. The van der Waals surface area contributed by atoms with E-state index in [2.05, 4.69) is 30.5 Å². The van der Waals surface area contributed by atoms with Crippen LogP contribution in [-0.2, 0) is 6.42 Å². The van der Waals surface area contributed by atoms with Crippen LogP contribution in [-0.4, -0.2) is 25.7 Å². The van der Waals surface area contributed by atoms with Gasteiger partial charge in [-0.3, -0.25) is 0 Å². The third-order valence-corrected chi connectivity index (χ3v) is 3.04. The molecule has 20 heavy (non-hydrogen) atoms. The predicted octanol–water partition coefficient (Wildman–Crippen LogP) is 3.07. The zero-order chi connectivity index (χ0) is 15.1. The zero-order valence-electron chi connectivity index (χ0n) is 13.1. The van der Waals surface area contributed by atoms with Gasteiger partial charge in [0, 0.05) is 12.6 Å². The highest BCUT2D eigenvalue weighted by atomic mass is 16.5. The molecule has 0 bridgehead atoms. The molecule has 0 heterocycles. The Morgan fingerprint density at radius 2 is 1.95 bits per heavy atom. The van der Waals surface area contributed by atoms with Gasteiger partial charge in [0.2, 0.25) is 0 Å². The lowest BCUT2D eigenvalue weighted by Crippen LogP contribution is -2.40. The Balaban J connectivity index is 2.56. The molecule has 0 aromatic heterocycles. The zero-order valence-corrected chi connectivity index (χ0v) is 13.1. The number of hydrogen-bond donors (Lipinski definition) is 2. The minimum atomic E-state index is -0.113. The van der Waals surface area contributed by atoms with E-state index in [-0.39, 0.29) is 12.1 Å². The molecule has 0 atom stereocenters. The molecule has 0 saturated heterocycles. The quantitative estimate of drug-likeness (QED) is 0.840. The first-order valence-corrected chi connectivity index (χ1v) is 7.15. The summed E-state index contributed by atoms with van der Waals surface area (Å²) in [5.74, 6) is 1.34. The molecule has 0 spiro atoms. The van der Waals surface area contributed by atoms with Crippen LogP contribution in [0, 0.1) is 0 Å². The monoisotopic (exact) mass is 278 g/mol. The normalized spacial score (nSPS) is 10.8. The molecule has 1 aromatic carbocycles. The molecule has 0 saturated carbocycles. The maximum Gasteiger partial charge on any atom is 0.314 e. The number of hydrogen-bond acceptors (Lipinski definition) is 2. The Morgan fingerprint density at radius 1 is 1.25 bits per heavy atom. The molecule has 0 aliphatic heterocycles. The third-order valence-electron chi connectivity index (χ3n) is 3.04. The molecule has 0 fully saturated rings. The first-order valence-electron chi connectivity index (χ1n) is 7.15. The van der Waals surface area contributed by atoms with Crippen LogP contribution in [0.3, 0.4) is 0 Å². The van der Waals surface area contributed by atoms with Crippen LogP contribution in [0.1, 0.15) is 44.7 Å². The number of methoxy groups -OCH3 is 1. The number of benzene rings is 1. The van der Waals surface area contributed by atoms with Crippen molar-refractivity contribution in [3.8, 4) is 5.75 Å². The summed E-state index contributed by atoms with van der Waals surface area (Å²) in [7, 11) is 1.69. The molecular weight excluding hydrogens is 252 g/mol. The van der Waals surface area contributed by atoms with E-state index < -0.39 is 0 Å². The third kappa shape index (κ3) is 5.11. The van der Waals surface area contributed by atoms with E-state index in [0.717, 1.165) is 12.2 Å². The van der Waals surface area contributed by atoms with Crippen LogP contribution in [0.4, 0.5) is 4.79 Å². The van der Waals surface area contributed by atoms with Crippen molar-refractivity contribution < 1.29 is 9.53 Å². The van der Waals surface area contributed by atoms with Gasteiger partial charge in [-0.25, -0.2) is 4.79 Å². The van der Waals surface area contributed by atoms with Gasteiger partial charge in [-0.15, -0.1) is 0 Å². The average molecular weight is 278 g/mol. The fraction of sp³-hybridized carbons (Fsp3) is 0.562. The molecule has 0 aliphatic carbocycles. The molecule has 0 aliphatic rings. The highest BCUT2D eigenvalue weighted by Gasteiger charge is 2.08. The van der Waals surface area contributed by atoms with Crippen molar-refractivity contribution in [2.75, 3.05) is 13.7 Å². The van der Waals surface area contributed by atoms with E-state index in [1.807, 2.05) is 26.0 Å². The van der Waals surface area contributed by atoms with Crippen molar-refractivity contribution in [3.05, 3.63) is 29.3 Å². The van der Waals surface area contributed by atoms with Crippen molar-refractivity contribution in [1.29, 1.82) is 0 Å². The van der Waals surface area contributed by atoms with E-state index in [4.69, 9.17) is 4.74 Å². The molecule has 2 N–H and O–H groups in total. The van der Waals surface area contributed by atoms with E-state index in [9.17, 15) is 4.79 Å². The summed E-state index contributed by atoms with van der Waals surface area (Å²) in [6.07, 6.45) is 0.815. The van der Waals surface area contributed by atoms with Crippen LogP contribution in [0.25, 0.3) is 0 Å². The van der Waals surface area contributed by atoms with Crippen molar-refractivity contribution in [2.24, 2.45) is 0 Å². The van der Waals surface area contributed by atoms with Gasteiger partial charge in [0.05, 0.1) is 7.11 Å². The molecule has 2 amide bonds. The highest BCUT2D eigenvalue weighted by Crippen LogP contribution is 2.27. The summed E-state index contributed by atoms with van der Waals surface area (Å²) in [6, 6.07) is 6.25. The fourth-order valence-electron chi connectivity index (χ4n) is 2.02. The molecule has 0 unspecified atom stereocenters. The Morgan fingerprint density at radius 3 is 2.50 bits per heavy atom. The van der Waals surface area contributed by atoms with Crippen LogP contribution >= 0.6 is 0 Å². The maximum absolute atomic E-state index is 11.5. The van der Waals surface area contributed by atoms with Gasteiger partial charge in [-0.2, -0.15) is 0 Å². The Hall–Kier alpha value is -1.71. The van der Waals surface area contributed by atoms with Gasteiger partial charge < -0.3 is 15.4 Å². The number of carbonyl (C=O) groups is 1. The average Bonchev–Trinajstić information content (AvgIpc) is 2.37. The summed E-state index contributed by atoms with van der Waals surface area (Å²) in [4.78, 5) is 11.5. The summed E-state index contributed by atoms with van der Waals surface area (Å²) in [6.45, 7) is 8.81. The fourth-order valence-corrected chi connectivity index (χ4v) is 2.02. The minimum Gasteiger partial charge on any atom is -0.496 e. The molecular formula is C16H26N2O2. The molecule has 0 radical (unpaired) electrons. The second kappa shape index (κ2) is 7.78. The van der Waals surface area contributed by atoms with Crippen LogP contribution in [0.2, 0.25) is 0 Å². The van der Waals surface area contributed by atoms with Gasteiger partial charge >= 0.3 is 6.03 Å². The highest BCUT2D eigenvalue weighted by molar-refractivity contribution is 5.74. The van der Waals surface area contributed by atoms with E-state index >= 15 is 0 Å². The molecule has 4 heteroatoms. The van der Waals surface area contributed by atoms with E-state index in [1.54, 1.807) is 7.11 Å². The van der Waals surface area contributed by atoms with Gasteiger partial charge in [0.25, 0.3) is 0 Å². The van der Waals surface area contributed by atoms with Crippen molar-refractivity contribution in [1.82, 2.24) is 10.6 Å². The largest absolute Gasteiger partial charge is 0.496 e. The summed E-state index contributed by atoms with van der Waals surface area (Å²) >= 11 is 0. The van der Waals surface area contributed by atoms with Gasteiger partial charge in [-0.1, -0.05) is 26.0 Å². The second-order valence-corrected chi connectivity index (χ2v) is 5.54. The topological polar surface area (TPSA) is 50.4 Å². The Kier molecular flexibility index (Phi) is 6.36. The summed E-state index contributed by atoms with van der Waals surface area (Å²) in [5.41, 5.74) is 2.41. The van der Waals surface area contributed by atoms with Crippen LogP contribution in [0.15, 0.2) is 18.2 Å².